The first-order chi connectivity index (χ1) is 15.7. The van der Waals surface area contributed by atoms with Crippen LogP contribution in [0.4, 0.5) is 10.2 Å². The molecule has 2 heterocycles. The number of aliphatic hydroxyl groups excluding tert-OH is 1. The molecule has 2 aromatic rings. The molecule has 1 aliphatic heterocycles. The lowest BCUT2D eigenvalue weighted by Gasteiger charge is -2.17. The van der Waals surface area contributed by atoms with Gasteiger partial charge in [-0.2, -0.15) is 0 Å². The van der Waals surface area contributed by atoms with E-state index in [1.807, 2.05) is 19.9 Å². The molecule has 0 saturated heterocycles. The summed E-state index contributed by atoms with van der Waals surface area (Å²) in [5.74, 6) is 0.0118. The summed E-state index contributed by atoms with van der Waals surface area (Å²) >= 11 is 14.3. The zero-order valence-corrected chi connectivity index (χ0v) is 20.9. The molecule has 0 bridgehead atoms. The molecule has 1 aromatic carbocycles. The van der Waals surface area contributed by atoms with Crippen LogP contribution in [0.3, 0.4) is 0 Å². The Balaban J connectivity index is 1.81. The van der Waals surface area contributed by atoms with Crippen LogP contribution in [0, 0.1) is 5.82 Å². The Kier molecular flexibility index (Phi) is 9.01. The van der Waals surface area contributed by atoms with Crippen molar-refractivity contribution in [2.45, 2.75) is 45.4 Å². The fraction of sp³-hybridized carbons (Fsp3) is 0.391. The first kappa shape index (κ1) is 25.8. The third-order valence-electron chi connectivity index (χ3n) is 4.77. The van der Waals surface area contributed by atoms with E-state index in [1.54, 1.807) is 13.1 Å². The third kappa shape index (κ3) is 6.83. The molecule has 0 spiro atoms. The molecule has 0 amide bonds. The van der Waals surface area contributed by atoms with Gasteiger partial charge in [0.25, 0.3) is 0 Å². The molecule has 1 aromatic heterocycles. The van der Waals surface area contributed by atoms with Crippen LogP contribution in [-0.2, 0) is 0 Å². The predicted molar refractivity (Wildman–Crippen MR) is 136 cm³/mol. The van der Waals surface area contributed by atoms with Gasteiger partial charge in [-0.1, -0.05) is 41.0 Å². The second-order valence-electron chi connectivity index (χ2n) is 7.98. The van der Waals surface area contributed by atoms with Gasteiger partial charge >= 0.3 is 0 Å². The minimum Gasteiger partial charge on any atom is -0.489 e. The summed E-state index contributed by atoms with van der Waals surface area (Å²) in [7, 11) is 0. The van der Waals surface area contributed by atoms with Gasteiger partial charge < -0.3 is 20.9 Å². The fourth-order valence-corrected chi connectivity index (χ4v) is 4.53. The summed E-state index contributed by atoms with van der Waals surface area (Å²) in [5, 5.41) is 14.1. The smallest absolute Gasteiger partial charge is 0.165 e. The monoisotopic (exact) mass is 512 g/mol. The number of nitrogens with zero attached hydrogens (tertiary/aromatic N) is 2. The first-order valence-corrected chi connectivity index (χ1v) is 12.1. The molecular weight excluding hydrogens is 486 g/mol. The Morgan fingerprint density at radius 3 is 2.67 bits per heavy atom. The number of nitrogens with two attached hydrogens (primary N) is 1. The van der Waals surface area contributed by atoms with Gasteiger partial charge in [0.1, 0.15) is 17.5 Å². The second kappa shape index (κ2) is 11.5. The van der Waals surface area contributed by atoms with Gasteiger partial charge in [-0.25, -0.2) is 9.37 Å². The van der Waals surface area contributed by atoms with Crippen LogP contribution in [-0.4, -0.2) is 46.5 Å². The number of hydrogen-bond acceptors (Lipinski definition) is 7. The quantitative estimate of drug-likeness (QED) is 0.440. The zero-order chi connectivity index (χ0) is 24.1. The van der Waals surface area contributed by atoms with Gasteiger partial charge in [0.15, 0.2) is 11.6 Å². The van der Waals surface area contributed by atoms with Gasteiger partial charge in [0.2, 0.25) is 0 Å². The maximum absolute atomic E-state index is 14.8. The molecule has 10 heteroatoms. The summed E-state index contributed by atoms with van der Waals surface area (Å²) in [6, 6.07) is 4.13. The normalized spacial score (nSPS) is 16.0. The molecule has 0 aliphatic carbocycles. The van der Waals surface area contributed by atoms with Crippen LogP contribution in [0.5, 0.6) is 5.75 Å². The minimum absolute atomic E-state index is 0.0286. The highest BCUT2D eigenvalue weighted by Gasteiger charge is 2.20. The number of aromatic nitrogens is 1. The fourth-order valence-electron chi connectivity index (χ4n) is 2.94. The third-order valence-corrected chi connectivity index (χ3v) is 6.54. The average Bonchev–Trinajstić information content (AvgIpc) is 3.01. The van der Waals surface area contributed by atoms with E-state index >= 15 is 0 Å². The minimum atomic E-state index is -0.775. The number of thioether (sulfide) groups is 1. The summed E-state index contributed by atoms with van der Waals surface area (Å²) in [5.41, 5.74) is 7.07. The topological polar surface area (TPSA) is 92.8 Å². The lowest BCUT2D eigenvalue weighted by atomic mass is 10.2. The van der Waals surface area contributed by atoms with E-state index in [-0.39, 0.29) is 18.4 Å². The maximum Gasteiger partial charge on any atom is 0.165 e. The lowest BCUT2D eigenvalue weighted by Crippen LogP contribution is -2.38. The summed E-state index contributed by atoms with van der Waals surface area (Å²) in [4.78, 5) is 9.95. The Morgan fingerprint density at radius 2 is 2.00 bits per heavy atom. The van der Waals surface area contributed by atoms with Crippen molar-refractivity contribution in [3.05, 3.63) is 57.5 Å². The Hall–Kier alpha value is -1.84. The molecule has 178 valence electrons. The van der Waals surface area contributed by atoms with Gasteiger partial charge in [-0.05, 0) is 39.3 Å². The molecule has 0 radical (unpaired) electrons. The summed E-state index contributed by atoms with van der Waals surface area (Å²) in [6.45, 7) is 6.07. The number of aliphatic imine (C=N–C) groups is 1. The number of anilines is 1. The van der Waals surface area contributed by atoms with Gasteiger partial charge in [0, 0.05) is 40.9 Å². The first-order valence-electron chi connectivity index (χ1n) is 10.6. The van der Waals surface area contributed by atoms with Crippen molar-refractivity contribution < 1.29 is 14.2 Å². The molecule has 2 atom stereocenters. The summed E-state index contributed by atoms with van der Waals surface area (Å²) < 4.78 is 20.2. The number of aliphatic hydroxyl groups is 1. The van der Waals surface area contributed by atoms with E-state index in [0.717, 1.165) is 10.5 Å². The van der Waals surface area contributed by atoms with Crippen molar-refractivity contribution in [1.29, 1.82) is 0 Å². The van der Waals surface area contributed by atoms with E-state index in [9.17, 15) is 9.50 Å². The van der Waals surface area contributed by atoms with Crippen LogP contribution in [0.2, 0.25) is 10.0 Å². The largest absolute Gasteiger partial charge is 0.489 e. The van der Waals surface area contributed by atoms with Crippen LogP contribution >= 0.6 is 35.0 Å². The highest BCUT2D eigenvalue weighted by Crippen LogP contribution is 2.38. The standard InChI is InChI=1S/C23H27Cl2FN4O2S/c1-12(2)30-22-17(25)7-14(10-29-22)21-5-4-6-28-23(33-21)15-8-18(26)20(9-16(15)24)32-11-19(27)13(3)31/h5,7-10,12-13,19,31H,4,6,11,27H2,1-3H3,(H,29,30). The van der Waals surface area contributed by atoms with Crippen molar-refractivity contribution in [3.8, 4) is 5.75 Å². The number of nitrogens with one attached hydrogen (secondary N) is 1. The van der Waals surface area contributed by atoms with E-state index in [0.29, 0.717) is 39.4 Å². The number of ether oxygens (including phenoxy) is 1. The number of benzene rings is 1. The van der Waals surface area contributed by atoms with Crippen molar-refractivity contribution in [2.24, 2.45) is 10.7 Å². The van der Waals surface area contributed by atoms with Crippen LogP contribution < -0.4 is 15.8 Å². The van der Waals surface area contributed by atoms with Crippen molar-refractivity contribution in [1.82, 2.24) is 4.98 Å². The molecule has 3 rings (SSSR count). The Morgan fingerprint density at radius 1 is 1.24 bits per heavy atom. The number of halogens is 3. The van der Waals surface area contributed by atoms with E-state index in [4.69, 9.17) is 33.7 Å². The van der Waals surface area contributed by atoms with E-state index in [1.165, 1.54) is 23.9 Å². The van der Waals surface area contributed by atoms with Crippen molar-refractivity contribution in [2.75, 3.05) is 18.5 Å². The molecule has 0 fully saturated rings. The molecule has 4 N–H and O–H groups in total. The molecule has 33 heavy (non-hydrogen) atoms. The molecule has 0 saturated carbocycles. The van der Waals surface area contributed by atoms with Crippen LogP contribution in [0.1, 0.15) is 38.3 Å². The van der Waals surface area contributed by atoms with E-state index in [2.05, 4.69) is 21.4 Å². The SMILES string of the molecule is CC(C)Nc1ncc(C2=CCCN=C(c3cc(F)c(OCC(N)C(C)O)cc3Cl)S2)cc1Cl. The average molecular weight is 513 g/mol. The lowest BCUT2D eigenvalue weighted by molar-refractivity contribution is 0.129. The molecule has 6 nitrogen and oxygen atoms in total. The second-order valence-corrected chi connectivity index (χ2v) is 9.82. The predicted octanol–water partition coefficient (Wildman–Crippen LogP) is 5.36. The zero-order valence-electron chi connectivity index (χ0n) is 18.6. The van der Waals surface area contributed by atoms with Crippen LogP contribution in [0.15, 0.2) is 35.5 Å². The number of hydrogen-bond donors (Lipinski definition) is 3. The molecule has 2 unspecified atom stereocenters. The number of pyridine rings is 1. The highest BCUT2D eigenvalue weighted by molar-refractivity contribution is 8.22. The molecular formula is C23H27Cl2FN4O2S. The maximum atomic E-state index is 14.8. The highest BCUT2D eigenvalue weighted by atomic mass is 35.5. The van der Waals surface area contributed by atoms with Crippen LogP contribution in [0.25, 0.3) is 4.91 Å². The molecule has 1 aliphatic rings. The van der Waals surface area contributed by atoms with Gasteiger partial charge in [-0.3, -0.25) is 4.99 Å². The Bertz CT molecular complexity index is 1060. The van der Waals surface area contributed by atoms with Crippen molar-refractivity contribution >= 4 is 50.7 Å². The number of rotatable bonds is 8. The summed E-state index contributed by atoms with van der Waals surface area (Å²) in [6.07, 6.45) is 3.75. The van der Waals surface area contributed by atoms with Gasteiger partial charge in [-0.15, -0.1) is 0 Å². The Labute approximate surface area is 207 Å². The van der Waals surface area contributed by atoms with Gasteiger partial charge in [0.05, 0.1) is 22.2 Å². The van der Waals surface area contributed by atoms with Crippen molar-refractivity contribution in [3.63, 3.8) is 0 Å². The van der Waals surface area contributed by atoms with E-state index < -0.39 is 18.0 Å².